The zero-order valence-electron chi connectivity index (χ0n) is 16.9. The van der Waals surface area contributed by atoms with Crippen LogP contribution in [-0.4, -0.2) is 10.2 Å². The van der Waals surface area contributed by atoms with Crippen molar-refractivity contribution >= 4 is 0 Å². The lowest BCUT2D eigenvalue weighted by Crippen LogP contribution is -2.06. The lowest BCUT2D eigenvalue weighted by atomic mass is 9.92. The Morgan fingerprint density at radius 2 is 1.28 bits per heavy atom. The summed E-state index contributed by atoms with van der Waals surface area (Å²) >= 11 is 0. The van der Waals surface area contributed by atoms with Crippen molar-refractivity contribution in [1.82, 2.24) is 10.2 Å². The van der Waals surface area contributed by atoms with Crippen LogP contribution in [0.25, 0.3) is 0 Å². The van der Waals surface area contributed by atoms with E-state index in [1.165, 1.54) is 11.1 Å². The highest BCUT2D eigenvalue weighted by molar-refractivity contribution is 5.28. The Kier molecular flexibility index (Phi) is 7.31. The third kappa shape index (κ3) is 6.13. The van der Waals surface area contributed by atoms with Gasteiger partial charge in [-0.1, -0.05) is 96.6 Å². The summed E-state index contributed by atoms with van der Waals surface area (Å²) in [7, 11) is 0. The molecule has 0 aliphatic heterocycles. The number of rotatable bonds is 5. The normalized spacial score (nSPS) is 12.5. The van der Waals surface area contributed by atoms with Gasteiger partial charge in [-0.05, 0) is 31.4 Å². The smallest absolute Gasteiger partial charge is 0.232 e. The maximum atomic E-state index is 5.82. The van der Waals surface area contributed by atoms with Crippen LogP contribution in [0.2, 0.25) is 0 Å². The van der Waals surface area contributed by atoms with E-state index >= 15 is 0 Å². The van der Waals surface area contributed by atoms with Crippen LogP contribution in [0.15, 0.2) is 95.4 Å². The Morgan fingerprint density at radius 3 is 1.76 bits per heavy atom. The Balaban J connectivity index is 0.000000290. The summed E-state index contributed by atoms with van der Waals surface area (Å²) in [5.41, 5.74) is 9.54. The topological polar surface area (TPSA) is 64.9 Å². The van der Waals surface area contributed by atoms with Crippen molar-refractivity contribution < 1.29 is 4.42 Å². The molecule has 4 heteroatoms. The standard InChI is InChI=1S/C18H19N3O.C7H8/c1-13(19)17-20-21-18(22-17)16(15-10-6-3-7-11-15)12-14-8-4-2-5-9-14;1-7-5-3-2-4-6-7/h2-11,13,16H,12,19H2,1H3;2-6H,1H3. The summed E-state index contributed by atoms with van der Waals surface area (Å²) < 4.78 is 5.79. The van der Waals surface area contributed by atoms with Gasteiger partial charge < -0.3 is 10.2 Å². The molecule has 148 valence electrons. The van der Waals surface area contributed by atoms with Gasteiger partial charge >= 0.3 is 0 Å². The van der Waals surface area contributed by atoms with Crippen molar-refractivity contribution in [2.75, 3.05) is 0 Å². The summed E-state index contributed by atoms with van der Waals surface area (Å²) in [6, 6.07) is 30.5. The van der Waals surface area contributed by atoms with Crippen molar-refractivity contribution in [1.29, 1.82) is 0 Å². The van der Waals surface area contributed by atoms with E-state index in [9.17, 15) is 0 Å². The first-order valence-corrected chi connectivity index (χ1v) is 9.83. The van der Waals surface area contributed by atoms with Gasteiger partial charge in [0.2, 0.25) is 11.8 Å². The average molecular weight is 386 g/mol. The number of nitrogens with zero attached hydrogens (tertiary/aromatic N) is 2. The van der Waals surface area contributed by atoms with Crippen molar-refractivity contribution in [2.45, 2.75) is 32.2 Å². The molecule has 0 amide bonds. The minimum absolute atomic E-state index is 0.0311. The van der Waals surface area contributed by atoms with E-state index in [1.807, 2.05) is 61.5 Å². The number of aromatic nitrogens is 2. The quantitative estimate of drug-likeness (QED) is 0.495. The maximum Gasteiger partial charge on any atom is 0.232 e. The van der Waals surface area contributed by atoms with Crippen LogP contribution in [0, 0.1) is 6.92 Å². The van der Waals surface area contributed by atoms with E-state index in [2.05, 4.69) is 53.5 Å². The molecule has 2 atom stereocenters. The molecule has 0 spiro atoms. The van der Waals surface area contributed by atoms with Gasteiger partial charge in [0, 0.05) is 0 Å². The number of nitrogens with two attached hydrogens (primary N) is 1. The molecule has 1 aromatic heterocycles. The molecule has 0 saturated heterocycles. The van der Waals surface area contributed by atoms with E-state index in [-0.39, 0.29) is 12.0 Å². The van der Waals surface area contributed by atoms with Crippen LogP contribution < -0.4 is 5.73 Å². The molecule has 0 radical (unpaired) electrons. The lowest BCUT2D eigenvalue weighted by Gasteiger charge is -2.13. The minimum atomic E-state index is -0.255. The SMILES string of the molecule is CC(N)c1nnc(C(Cc2ccccc2)c2ccccc2)o1.Cc1ccccc1. The fourth-order valence-electron chi connectivity index (χ4n) is 2.99. The second-order valence-corrected chi connectivity index (χ2v) is 7.07. The van der Waals surface area contributed by atoms with Crippen molar-refractivity contribution in [3.63, 3.8) is 0 Å². The van der Waals surface area contributed by atoms with E-state index < -0.39 is 0 Å². The zero-order valence-corrected chi connectivity index (χ0v) is 16.9. The molecule has 4 rings (SSSR count). The van der Waals surface area contributed by atoms with E-state index in [0.29, 0.717) is 11.8 Å². The Morgan fingerprint density at radius 1 is 0.759 bits per heavy atom. The first-order chi connectivity index (χ1) is 14.1. The summed E-state index contributed by atoms with van der Waals surface area (Å²) in [6.07, 6.45) is 0.811. The highest BCUT2D eigenvalue weighted by Crippen LogP contribution is 2.28. The molecule has 29 heavy (non-hydrogen) atoms. The highest BCUT2D eigenvalue weighted by Gasteiger charge is 2.22. The van der Waals surface area contributed by atoms with Gasteiger partial charge in [0.1, 0.15) is 0 Å². The van der Waals surface area contributed by atoms with Crippen LogP contribution >= 0.6 is 0 Å². The number of aryl methyl sites for hydroxylation is 1. The maximum absolute atomic E-state index is 5.82. The van der Waals surface area contributed by atoms with Crippen molar-refractivity contribution in [3.8, 4) is 0 Å². The lowest BCUT2D eigenvalue weighted by molar-refractivity contribution is 0.411. The largest absolute Gasteiger partial charge is 0.423 e. The first kappa shape index (κ1) is 20.5. The van der Waals surface area contributed by atoms with Gasteiger partial charge in [0.25, 0.3) is 0 Å². The molecule has 0 saturated carbocycles. The van der Waals surface area contributed by atoms with Crippen LogP contribution in [0.4, 0.5) is 0 Å². The fourth-order valence-corrected chi connectivity index (χ4v) is 2.99. The van der Waals surface area contributed by atoms with Crippen LogP contribution in [0.5, 0.6) is 0 Å². The fraction of sp³-hybridized carbons (Fsp3) is 0.200. The molecule has 4 aromatic rings. The van der Waals surface area contributed by atoms with Crippen LogP contribution in [0.3, 0.4) is 0 Å². The molecule has 0 fully saturated rings. The van der Waals surface area contributed by atoms with Gasteiger partial charge in [0.15, 0.2) is 0 Å². The molecule has 0 bridgehead atoms. The highest BCUT2D eigenvalue weighted by atomic mass is 16.4. The van der Waals surface area contributed by atoms with Gasteiger partial charge in [0.05, 0.1) is 12.0 Å². The Bertz CT molecular complexity index is 967. The molecule has 2 unspecified atom stereocenters. The molecule has 2 N–H and O–H groups in total. The van der Waals surface area contributed by atoms with Gasteiger partial charge in [-0.3, -0.25) is 0 Å². The average Bonchev–Trinajstić information content (AvgIpc) is 3.25. The van der Waals surface area contributed by atoms with Crippen LogP contribution in [-0.2, 0) is 6.42 Å². The van der Waals surface area contributed by atoms with E-state index in [4.69, 9.17) is 10.2 Å². The predicted molar refractivity (Wildman–Crippen MR) is 117 cm³/mol. The Labute approximate surface area is 172 Å². The monoisotopic (exact) mass is 385 g/mol. The molecule has 0 aliphatic carbocycles. The van der Waals surface area contributed by atoms with Crippen molar-refractivity contribution in [3.05, 3.63) is 119 Å². The van der Waals surface area contributed by atoms with Gasteiger partial charge in [-0.15, -0.1) is 10.2 Å². The number of hydrogen-bond acceptors (Lipinski definition) is 4. The van der Waals surface area contributed by atoms with E-state index in [0.717, 1.165) is 12.0 Å². The number of benzene rings is 3. The molecular formula is C25H27N3O. The zero-order chi connectivity index (χ0) is 20.5. The predicted octanol–water partition coefficient (Wildman–Crippen LogP) is 5.46. The molecule has 0 aliphatic rings. The van der Waals surface area contributed by atoms with E-state index in [1.54, 1.807) is 0 Å². The molecule has 1 heterocycles. The molecule has 4 nitrogen and oxygen atoms in total. The minimum Gasteiger partial charge on any atom is -0.423 e. The second kappa shape index (κ2) is 10.3. The third-order valence-electron chi connectivity index (χ3n) is 4.57. The second-order valence-electron chi connectivity index (χ2n) is 7.07. The summed E-state index contributed by atoms with van der Waals surface area (Å²) in [5.74, 6) is 1.12. The van der Waals surface area contributed by atoms with Gasteiger partial charge in [-0.2, -0.15) is 0 Å². The third-order valence-corrected chi connectivity index (χ3v) is 4.57. The summed E-state index contributed by atoms with van der Waals surface area (Å²) in [6.45, 7) is 3.92. The summed E-state index contributed by atoms with van der Waals surface area (Å²) in [4.78, 5) is 0. The molecular weight excluding hydrogens is 358 g/mol. The van der Waals surface area contributed by atoms with Crippen LogP contribution in [0.1, 0.15) is 47.4 Å². The van der Waals surface area contributed by atoms with Gasteiger partial charge in [-0.25, -0.2) is 0 Å². The molecule has 3 aromatic carbocycles. The first-order valence-electron chi connectivity index (χ1n) is 9.83. The van der Waals surface area contributed by atoms with Crippen molar-refractivity contribution in [2.24, 2.45) is 5.73 Å². The Hall–Kier alpha value is -3.24. The number of hydrogen-bond donors (Lipinski definition) is 1. The summed E-state index contributed by atoms with van der Waals surface area (Å²) in [5, 5.41) is 8.28.